The second kappa shape index (κ2) is 8.44. The molecular weight excluding hydrogens is 396 g/mol. The zero-order valence-electron chi connectivity index (χ0n) is 17.1. The Bertz CT molecular complexity index is 1050. The van der Waals surface area contributed by atoms with Crippen LogP contribution in [0.1, 0.15) is 41.5 Å². The van der Waals surface area contributed by atoms with Crippen molar-refractivity contribution in [2.24, 2.45) is 0 Å². The molecular formula is C25H27ClN2O2. The maximum Gasteiger partial charge on any atom is 0.224 e. The molecule has 0 spiro atoms. The molecule has 1 fully saturated rings. The van der Waals surface area contributed by atoms with E-state index in [2.05, 4.69) is 34.5 Å². The molecule has 1 aliphatic heterocycles. The Morgan fingerprint density at radius 1 is 1.10 bits per heavy atom. The molecule has 5 rings (SSSR count). The Kier molecular flexibility index (Phi) is 5.53. The van der Waals surface area contributed by atoms with Crippen LogP contribution in [0.25, 0.3) is 11.0 Å². The van der Waals surface area contributed by atoms with Crippen molar-refractivity contribution in [2.45, 2.75) is 51.1 Å². The van der Waals surface area contributed by atoms with E-state index in [-0.39, 0.29) is 11.9 Å². The Morgan fingerprint density at radius 2 is 1.83 bits per heavy atom. The first-order chi connectivity index (χ1) is 14.6. The highest BCUT2D eigenvalue weighted by molar-refractivity contribution is 6.30. The Labute approximate surface area is 182 Å². The lowest BCUT2D eigenvalue weighted by Crippen LogP contribution is -2.44. The van der Waals surface area contributed by atoms with Crippen LogP contribution >= 0.6 is 11.6 Å². The molecule has 30 heavy (non-hydrogen) atoms. The van der Waals surface area contributed by atoms with Crippen LogP contribution < -0.4 is 5.32 Å². The predicted octanol–water partition coefficient (Wildman–Crippen LogP) is 4.90. The van der Waals surface area contributed by atoms with Crippen molar-refractivity contribution >= 4 is 28.5 Å². The van der Waals surface area contributed by atoms with Gasteiger partial charge in [-0.2, -0.15) is 0 Å². The van der Waals surface area contributed by atoms with Gasteiger partial charge in [0.1, 0.15) is 5.58 Å². The van der Waals surface area contributed by atoms with Gasteiger partial charge in [-0.3, -0.25) is 9.69 Å². The molecule has 2 aromatic carbocycles. The summed E-state index contributed by atoms with van der Waals surface area (Å²) in [6, 6.07) is 12.7. The van der Waals surface area contributed by atoms with Crippen LogP contribution in [0.2, 0.25) is 5.02 Å². The third-order valence-electron chi connectivity index (χ3n) is 6.49. The molecule has 0 unspecified atom stereocenters. The summed E-state index contributed by atoms with van der Waals surface area (Å²) in [5.41, 5.74) is 6.00. The molecule has 1 aromatic heterocycles. The van der Waals surface area contributed by atoms with E-state index in [4.69, 9.17) is 16.0 Å². The SMILES string of the molecule is O=C(Cc1coc2cc3c(cc12)CCC3)NC1CCN(Cc2ccc(Cl)cc2)CC1. The van der Waals surface area contributed by atoms with Gasteiger partial charge in [-0.05, 0) is 73.1 Å². The summed E-state index contributed by atoms with van der Waals surface area (Å²) >= 11 is 5.97. The van der Waals surface area contributed by atoms with Gasteiger partial charge in [-0.15, -0.1) is 0 Å². The number of benzene rings is 2. The molecule has 1 aliphatic carbocycles. The minimum absolute atomic E-state index is 0.0920. The van der Waals surface area contributed by atoms with Gasteiger partial charge >= 0.3 is 0 Å². The molecule has 0 radical (unpaired) electrons. The van der Waals surface area contributed by atoms with Gasteiger partial charge in [0.05, 0.1) is 12.7 Å². The van der Waals surface area contributed by atoms with E-state index in [1.807, 2.05) is 12.1 Å². The van der Waals surface area contributed by atoms with Gasteiger partial charge in [0.2, 0.25) is 5.91 Å². The Morgan fingerprint density at radius 3 is 2.60 bits per heavy atom. The molecule has 2 heterocycles. The lowest BCUT2D eigenvalue weighted by atomic mass is 10.0. The molecule has 3 aromatic rings. The summed E-state index contributed by atoms with van der Waals surface area (Å²) in [5.74, 6) is 0.0920. The summed E-state index contributed by atoms with van der Waals surface area (Å²) in [7, 11) is 0. The minimum atomic E-state index is 0.0920. The zero-order chi connectivity index (χ0) is 20.5. The fourth-order valence-corrected chi connectivity index (χ4v) is 4.95. The second-order valence-electron chi connectivity index (χ2n) is 8.65. The first kappa shape index (κ1) is 19.7. The van der Waals surface area contributed by atoms with E-state index in [9.17, 15) is 4.79 Å². The van der Waals surface area contributed by atoms with Crippen LogP contribution in [-0.4, -0.2) is 29.9 Å². The average Bonchev–Trinajstić information content (AvgIpc) is 3.36. The number of likely N-dealkylation sites (tertiary alicyclic amines) is 1. The van der Waals surface area contributed by atoms with Gasteiger partial charge in [0.15, 0.2) is 0 Å². The number of halogens is 1. The smallest absolute Gasteiger partial charge is 0.224 e. The predicted molar refractivity (Wildman–Crippen MR) is 120 cm³/mol. The molecule has 1 amide bonds. The molecule has 1 N–H and O–H groups in total. The highest BCUT2D eigenvalue weighted by Crippen LogP contribution is 2.30. The zero-order valence-corrected chi connectivity index (χ0v) is 17.9. The van der Waals surface area contributed by atoms with E-state index < -0.39 is 0 Å². The van der Waals surface area contributed by atoms with Crippen molar-refractivity contribution in [3.63, 3.8) is 0 Å². The molecule has 4 nitrogen and oxygen atoms in total. The normalized spacial score (nSPS) is 17.4. The number of nitrogens with one attached hydrogen (secondary N) is 1. The fraction of sp³-hybridized carbons (Fsp3) is 0.400. The summed E-state index contributed by atoms with van der Waals surface area (Å²) < 4.78 is 5.75. The van der Waals surface area contributed by atoms with E-state index in [1.54, 1.807) is 6.26 Å². The van der Waals surface area contributed by atoms with Crippen molar-refractivity contribution in [1.82, 2.24) is 10.2 Å². The van der Waals surface area contributed by atoms with Crippen molar-refractivity contribution in [2.75, 3.05) is 13.1 Å². The number of carbonyl (C=O) groups excluding carboxylic acids is 1. The van der Waals surface area contributed by atoms with E-state index in [0.29, 0.717) is 6.42 Å². The summed E-state index contributed by atoms with van der Waals surface area (Å²) in [5, 5.41) is 5.11. The van der Waals surface area contributed by atoms with Gasteiger partial charge in [-0.1, -0.05) is 23.7 Å². The molecule has 2 aliphatic rings. The lowest BCUT2D eigenvalue weighted by molar-refractivity contribution is -0.121. The molecule has 1 saturated heterocycles. The van der Waals surface area contributed by atoms with Crippen LogP contribution in [0.15, 0.2) is 47.1 Å². The molecule has 0 bridgehead atoms. The molecule has 156 valence electrons. The standard InChI is InChI=1S/C25H27ClN2O2/c26-21-6-4-17(5-7-21)15-28-10-8-22(9-11-28)27-25(29)14-20-16-30-24-13-19-3-1-2-18(19)12-23(20)24/h4-7,12-13,16,22H,1-3,8-11,14-15H2,(H,27,29). The molecule has 5 heteroatoms. The average molecular weight is 423 g/mol. The largest absolute Gasteiger partial charge is 0.464 e. The van der Waals surface area contributed by atoms with Crippen LogP contribution in [0, 0.1) is 0 Å². The van der Waals surface area contributed by atoms with E-state index >= 15 is 0 Å². The van der Waals surface area contributed by atoms with Crippen molar-refractivity contribution in [3.8, 4) is 0 Å². The second-order valence-corrected chi connectivity index (χ2v) is 9.09. The van der Waals surface area contributed by atoms with Crippen molar-refractivity contribution < 1.29 is 9.21 Å². The highest BCUT2D eigenvalue weighted by atomic mass is 35.5. The summed E-state index contributed by atoms with van der Waals surface area (Å²) in [4.78, 5) is 15.1. The first-order valence-electron chi connectivity index (χ1n) is 10.9. The minimum Gasteiger partial charge on any atom is -0.464 e. The van der Waals surface area contributed by atoms with Crippen LogP contribution in [0.3, 0.4) is 0 Å². The Balaban J connectivity index is 1.14. The number of piperidine rings is 1. The maximum absolute atomic E-state index is 12.7. The quantitative estimate of drug-likeness (QED) is 0.636. The monoisotopic (exact) mass is 422 g/mol. The van der Waals surface area contributed by atoms with Gasteiger partial charge in [0, 0.05) is 41.6 Å². The fourth-order valence-electron chi connectivity index (χ4n) is 4.82. The Hall–Kier alpha value is -2.30. The van der Waals surface area contributed by atoms with Crippen molar-refractivity contribution in [1.29, 1.82) is 0 Å². The first-order valence-corrected chi connectivity index (χ1v) is 11.3. The van der Waals surface area contributed by atoms with Crippen LogP contribution in [0.4, 0.5) is 0 Å². The third-order valence-corrected chi connectivity index (χ3v) is 6.74. The van der Waals surface area contributed by atoms with E-state index in [0.717, 1.165) is 66.9 Å². The number of carbonyl (C=O) groups is 1. The van der Waals surface area contributed by atoms with Crippen LogP contribution in [-0.2, 0) is 30.6 Å². The summed E-state index contributed by atoms with van der Waals surface area (Å²) in [6.45, 7) is 2.92. The third kappa shape index (κ3) is 4.26. The maximum atomic E-state index is 12.7. The molecule has 0 atom stereocenters. The molecule has 0 saturated carbocycles. The summed E-state index contributed by atoms with van der Waals surface area (Å²) in [6.07, 6.45) is 7.60. The number of amides is 1. The van der Waals surface area contributed by atoms with Gasteiger partial charge < -0.3 is 9.73 Å². The number of rotatable bonds is 5. The van der Waals surface area contributed by atoms with Gasteiger partial charge in [0.25, 0.3) is 0 Å². The van der Waals surface area contributed by atoms with Crippen LogP contribution in [0.5, 0.6) is 0 Å². The number of nitrogens with zero attached hydrogens (tertiary/aromatic N) is 1. The lowest BCUT2D eigenvalue weighted by Gasteiger charge is -2.32. The number of aryl methyl sites for hydroxylation is 2. The van der Waals surface area contributed by atoms with E-state index in [1.165, 1.54) is 23.1 Å². The number of fused-ring (bicyclic) bond motifs is 2. The van der Waals surface area contributed by atoms with Crippen molar-refractivity contribution in [3.05, 3.63) is 69.9 Å². The highest BCUT2D eigenvalue weighted by Gasteiger charge is 2.22. The van der Waals surface area contributed by atoms with Gasteiger partial charge in [-0.25, -0.2) is 0 Å². The topological polar surface area (TPSA) is 45.5 Å². The number of hydrogen-bond acceptors (Lipinski definition) is 3. The number of furan rings is 1. The number of hydrogen-bond donors (Lipinski definition) is 1.